The summed E-state index contributed by atoms with van der Waals surface area (Å²) in [6.07, 6.45) is 12.5. The average molecular weight is 252 g/mol. The van der Waals surface area contributed by atoms with E-state index in [4.69, 9.17) is 5.73 Å². The predicted molar refractivity (Wildman–Crippen MR) is 78.6 cm³/mol. The predicted octanol–water partition coefficient (Wildman–Crippen LogP) is 3.41. The van der Waals surface area contributed by atoms with Crippen molar-refractivity contribution in [3.8, 4) is 0 Å². The second-order valence-electron chi connectivity index (χ2n) is 6.57. The van der Waals surface area contributed by atoms with E-state index in [0.717, 1.165) is 11.8 Å². The molecule has 1 saturated heterocycles. The van der Waals surface area contributed by atoms with Gasteiger partial charge < -0.3 is 10.6 Å². The van der Waals surface area contributed by atoms with Crippen molar-refractivity contribution < 1.29 is 0 Å². The Labute approximate surface area is 113 Å². The topological polar surface area (TPSA) is 29.3 Å². The minimum Gasteiger partial charge on any atom is -0.327 e. The highest BCUT2D eigenvalue weighted by Gasteiger charge is 2.24. The number of rotatable bonds is 5. The van der Waals surface area contributed by atoms with E-state index in [0.29, 0.717) is 6.04 Å². The first-order valence-electron chi connectivity index (χ1n) is 8.27. The van der Waals surface area contributed by atoms with E-state index in [1.807, 2.05) is 0 Å². The smallest absolute Gasteiger partial charge is 0.00676 e. The van der Waals surface area contributed by atoms with Crippen LogP contribution >= 0.6 is 0 Å². The molecule has 2 aliphatic rings. The summed E-state index contributed by atoms with van der Waals surface area (Å²) >= 11 is 0. The summed E-state index contributed by atoms with van der Waals surface area (Å²) < 4.78 is 0. The van der Waals surface area contributed by atoms with Gasteiger partial charge in [-0.3, -0.25) is 0 Å². The first-order chi connectivity index (χ1) is 8.79. The molecule has 18 heavy (non-hydrogen) atoms. The molecule has 2 N–H and O–H groups in total. The zero-order valence-electron chi connectivity index (χ0n) is 12.2. The van der Waals surface area contributed by atoms with Gasteiger partial charge in [-0.05, 0) is 70.0 Å². The van der Waals surface area contributed by atoms with Crippen LogP contribution in [-0.2, 0) is 0 Å². The van der Waals surface area contributed by atoms with Gasteiger partial charge in [-0.25, -0.2) is 0 Å². The van der Waals surface area contributed by atoms with E-state index in [9.17, 15) is 0 Å². The lowest BCUT2D eigenvalue weighted by molar-refractivity contribution is 0.251. The summed E-state index contributed by atoms with van der Waals surface area (Å²) in [5, 5.41) is 0. The van der Waals surface area contributed by atoms with Crippen LogP contribution in [0.15, 0.2) is 0 Å². The molecule has 2 fully saturated rings. The third kappa shape index (κ3) is 4.24. The normalized spacial score (nSPS) is 34.7. The molecule has 3 atom stereocenters. The van der Waals surface area contributed by atoms with Crippen molar-refractivity contribution in [1.29, 1.82) is 0 Å². The molecule has 0 aromatic carbocycles. The molecular formula is C16H32N2. The Hall–Kier alpha value is -0.0800. The van der Waals surface area contributed by atoms with Gasteiger partial charge in [0.1, 0.15) is 0 Å². The molecule has 0 bridgehead atoms. The fourth-order valence-corrected chi connectivity index (χ4v) is 3.92. The third-order valence-corrected chi connectivity index (χ3v) is 5.17. The third-order valence-electron chi connectivity index (χ3n) is 5.17. The van der Waals surface area contributed by atoms with Gasteiger partial charge in [-0.1, -0.05) is 26.2 Å². The Morgan fingerprint density at radius 1 is 1.00 bits per heavy atom. The average Bonchev–Trinajstić information content (AvgIpc) is 2.63. The van der Waals surface area contributed by atoms with Gasteiger partial charge in [-0.2, -0.15) is 0 Å². The number of nitrogens with two attached hydrogens (primary N) is 1. The zero-order valence-corrected chi connectivity index (χ0v) is 12.2. The zero-order chi connectivity index (χ0) is 12.8. The van der Waals surface area contributed by atoms with E-state index >= 15 is 0 Å². The molecular weight excluding hydrogens is 220 g/mol. The molecule has 0 radical (unpaired) electrons. The van der Waals surface area contributed by atoms with Crippen molar-refractivity contribution in [2.75, 3.05) is 19.6 Å². The van der Waals surface area contributed by atoms with Gasteiger partial charge in [0.2, 0.25) is 0 Å². The number of hydrogen-bond acceptors (Lipinski definition) is 2. The lowest BCUT2D eigenvalue weighted by atomic mass is 9.96. The summed E-state index contributed by atoms with van der Waals surface area (Å²) in [4.78, 5) is 2.71. The molecule has 0 amide bonds. The second kappa shape index (κ2) is 7.49. The van der Waals surface area contributed by atoms with E-state index in [2.05, 4.69) is 11.8 Å². The van der Waals surface area contributed by atoms with Gasteiger partial charge in [0.15, 0.2) is 0 Å². The van der Waals surface area contributed by atoms with Gasteiger partial charge in [-0.15, -0.1) is 0 Å². The minimum atomic E-state index is 0.504. The minimum absolute atomic E-state index is 0.504. The van der Waals surface area contributed by atoms with Crippen molar-refractivity contribution >= 4 is 0 Å². The fraction of sp³-hybridized carbons (Fsp3) is 1.00. The van der Waals surface area contributed by atoms with E-state index in [-0.39, 0.29) is 0 Å². The van der Waals surface area contributed by atoms with Gasteiger partial charge in [0.05, 0.1) is 0 Å². The van der Waals surface area contributed by atoms with Crippen LogP contribution in [0.5, 0.6) is 0 Å². The molecule has 0 spiro atoms. The Morgan fingerprint density at radius 3 is 2.61 bits per heavy atom. The second-order valence-corrected chi connectivity index (χ2v) is 6.57. The molecule has 1 saturated carbocycles. The maximum atomic E-state index is 6.17. The van der Waals surface area contributed by atoms with Crippen LogP contribution in [0.3, 0.4) is 0 Å². The Kier molecular flexibility index (Phi) is 5.97. The molecule has 2 rings (SSSR count). The maximum absolute atomic E-state index is 6.17. The summed E-state index contributed by atoms with van der Waals surface area (Å²) in [7, 11) is 0. The first-order valence-corrected chi connectivity index (χ1v) is 8.27. The molecule has 1 aliphatic heterocycles. The van der Waals surface area contributed by atoms with Crippen LogP contribution in [0, 0.1) is 11.8 Å². The lowest BCUT2D eigenvalue weighted by Crippen LogP contribution is -2.31. The van der Waals surface area contributed by atoms with Crippen LogP contribution in [0.4, 0.5) is 0 Å². The van der Waals surface area contributed by atoms with Gasteiger partial charge in [0, 0.05) is 6.04 Å². The van der Waals surface area contributed by atoms with E-state index in [1.165, 1.54) is 77.4 Å². The van der Waals surface area contributed by atoms with Crippen LogP contribution in [0.25, 0.3) is 0 Å². The van der Waals surface area contributed by atoms with Crippen LogP contribution in [0.1, 0.15) is 64.7 Å². The van der Waals surface area contributed by atoms with Gasteiger partial charge in [0.25, 0.3) is 0 Å². The number of hydrogen-bond donors (Lipinski definition) is 1. The molecule has 0 aromatic heterocycles. The summed E-state index contributed by atoms with van der Waals surface area (Å²) in [6.45, 7) is 6.30. The highest BCUT2D eigenvalue weighted by atomic mass is 15.1. The maximum Gasteiger partial charge on any atom is 0.00676 e. The number of likely N-dealkylation sites (tertiary alicyclic amines) is 1. The monoisotopic (exact) mass is 252 g/mol. The summed E-state index contributed by atoms with van der Waals surface area (Å²) in [5.41, 5.74) is 6.17. The molecule has 2 nitrogen and oxygen atoms in total. The van der Waals surface area contributed by atoms with E-state index < -0.39 is 0 Å². The molecule has 1 aliphatic carbocycles. The molecule has 106 valence electrons. The van der Waals surface area contributed by atoms with Crippen molar-refractivity contribution in [1.82, 2.24) is 4.90 Å². The Bertz CT molecular complexity index is 229. The summed E-state index contributed by atoms with van der Waals surface area (Å²) in [5.74, 6) is 1.83. The van der Waals surface area contributed by atoms with Crippen molar-refractivity contribution in [2.24, 2.45) is 17.6 Å². The summed E-state index contributed by atoms with van der Waals surface area (Å²) in [6, 6.07) is 0.504. The van der Waals surface area contributed by atoms with Crippen LogP contribution in [-0.4, -0.2) is 30.6 Å². The Balaban J connectivity index is 1.67. The van der Waals surface area contributed by atoms with E-state index in [1.54, 1.807) is 0 Å². The van der Waals surface area contributed by atoms with Crippen molar-refractivity contribution in [3.63, 3.8) is 0 Å². The van der Waals surface area contributed by atoms with Gasteiger partial charge >= 0.3 is 0 Å². The molecule has 2 heteroatoms. The van der Waals surface area contributed by atoms with Crippen LogP contribution < -0.4 is 5.73 Å². The van der Waals surface area contributed by atoms with Crippen LogP contribution in [0.2, 0.25) is 0 Å². The lowest BCUT2D eigenvalue weighted by Gasteiger charge is -2.23. The molecule has 1 heterocycles. The highest BCUT2D eigenvalue weighted by molar-refractivity contribution is 4.81. The quantitative estimate of drug-likeness (QED) is 0.812. The fourth-order valence-electron chi connectivity index (χ4n) is 3.92. The SMILES string of the molecule is CCCC1CCCN(CCC2CCCC2N)CC1. The highest BCUT2D eigenvalue weighted by Crippen LogP contribution is 2.28. The standard InChI is InChI=1S/C16H32N2/c1-2-5-14-6-4-11-18(12-9-14)13-10-15-7-3-8-16(15)17/h14-16H,2-13,17H2,1H3. The van der Waals surface area contributed by atoms with Crippen molar-refractivity contribution in [3.05, 3.63) is 0 Å². The molecule has 3 unspecified atom stereocenters. The molecule has 0 aromatic rings. The number of nitrogens with zero attached hydrogens (tertiary/aromatic N) is 1. The first kappa shape index (κ1) is 14.3. The Morgan fingerprint density at radius 2 is 1.89 bits per heavy atom. The largest absolute Gasteiger partial charge is 0.327 e. The van der Waals surface area contributed by atoms with Crippen molar-refractivity contribution in [2.45, 2.75) is 70.8 Å².